The Kier molecular flexibility index (Phi) is 4.91. The summed E-state index contributed by atoms with van der Waals surface area (Å²) in [7, 11) is -3.14. The first-order valence-corrected chi connectivity index (χ1v) is 8.77. The van der Waals surface area contributed by atoms with Crippen molar-refractivity contribution in [1.29, 1.82) is 0 Å². The molecule has 0 aliphatic rings. The van der Waals surface area contributed by atoms with Crippen molar-refractivity contribution in [2.75, 3.05) is 11.1 Å². The van der Waals surface area contributed by atoms with Crippen LogP contribution >= 0.6 is 11.6 Å². The van der Waals surface area contributed by atoms with Crippen LogP contribution in [-0.2, 0) is 16.4 Å². The zero-order valence-corrected chi connectivity index (χ0v) is 13.6. The van der Waals surface area contributed by atoms with Gasteiger partial charge in [0.15, 0.2) is 9.84 Å². The predicted octanol–water partition coefficient (Wildman–Crippen LogP) is 4.05. The summed E-state index contributed by atoms with van der Waals surface area (Å²) in [6.45, 7) is 4.24. The summed E-state index contributed by atoms with van der Waals surface area (Å²) < 4.78 is 23.5. The molecule has 0 unspecified atom stereocenters. The fraction of sp³-hybridized carbons (Fsp3) is 0.250. The lowest BCUT2D eigenvalue weighted by atomic mass is 10.1. The minimum Gasteiger partial charge on any atom is -0.381 e. The molecule has 0 amide bonds. The zero-order valence-electron chi connectivity index (χ0n) is 12.1. The number of sulfone groups is 1. The second kappa shape index (κ2) is 6.50. The number of benzene rings is 2. The Morgan fingerprint density at radius 3 is 2.33 bits per heavy atom. The number of hydrogen-bond donors (Lipinski definition) is 1. The first kappa shape index (κ1) is 15.9. The lowest BCUT2D eigenvalue weighted by Crippen LogP contribution is -2.04. The molecule has 112 valence electrons. The van der Waals surface area contributed by atoms with Crippen LogP contribution in [0.25, 0.3) is 0 Å². The third-order valence-corrected chi connectivity index (χ3v) is 5.48. The van der Waals surface area contributed by atoms with Crippen molar-refractivity contribution in [3.05, 3.63) is 58.6 Å². The average molecular weight is 324 g/mol. The van der Waals surface area contributed by atoms with Gasteiger partial charge in [0, 0.05) is 17.3 Å². The fourth-order valence-electron chi connectivity index (χ4n) is 1.90. The van der Waals surface area contributed by atoms with Crippen LogP contribution in [-0.4, -0.2) is 14.2 Å². The minimum atomic E-state index is -3.14. The molecule has 0 radical (unpaired) electrons. The number of nitrogens with one attached hydrogen (secondary N) is 1. The first-order valence-electron chi connectivity index (χ1n) is 6.74. The van der Waals surface area contributed by atoms with E-state index in [0.717, 1.165) is 21.8 Å². The van der Waals surface area contributed by atoms with E-state index < -0.39 is 9.84 Å². The van der Waals surface area contributed by atoms with Crippen molar-refractivity contribution < 1.29 is 8.42 Å². The molecule has 0 saturated carbocycles. The summed E-state index contributed by atoms with van der Waals surface area (Å²) in [5.41, 5.74) is 3.01. The summed E-state index contributed by atoms with van der Waals surface area (Å²) in [6, 6.07) is 12.7. The number of rotatable bonds is 5. The molecule has 0 aliphatic carbocycles. The molecule has 5 heteroatoms. The molecule has 21 heavy (non-hydrogen) atoms. The topological polar surface area (TPSA) is 46.2 Å². The molecule has 0 spiro atoms. The summed E-state index contributed by atoms with van der Waals surface area (Å²) in [6.07, 6.45) is 0. The van der Waals surface area contributed by atoms with Gasteiger partial charge in [0.05, 0.1) is 10.6 Å². The van der Waals surface area contributed by atoms with Gasteiger partial charge in [0.2, 0.25) is 0 Å². The summed E-state index contributed by atoms with van der Waals surface area (Å²) in [5, 5.41) is 4.00. The van der Waals surface area contributed by atoms with Crippen LogP contribution in [0.3, 0.4) is 0 Å². The van der Waals surface area contributed by atoms with Crippen LogP contribution < -0.4 is 5.32 Å². The Labute approximate surface area is 130 Å². The molecule has 0 aliphatic heterocycles. The highest BCUT2D eigenvalue weighted by molar-refractivity contribution is 7.91. The SMILES string of the molecule is CCS(=O)(=O)c1ccc(NCc2ccc(C)c(Cl)c2)cc1. The second-order valence-corrected chi connectivity index (χ2v) is 7.55. The smallest absolute Gasteiger partial charge is 0.178 e. The maximum Gasteiger partial charge on any atom is 0.178 e. The number of anilines is 1. The normalized spacial score (nSPS) is 11.4. The molecule has 0 saturated heterocycles. The van der Waals surface area contributed by atoms with Crippen LogP contribution in [0.15, 0.2) is 47.4 Å². The number of aryl methyl sites for hydroxylation is 1. The van der Waals surface area contributed by atoms with Gasteiger partial charge in [0.1, 0.15) is 0 Å². The van der Waals surface area contributed by atoms with Gasteiger partial charge in [0.25, 0.3) is 0 Å². The van der Waals surface area contributed by atoms with E-state index in [9.17, 15) is 8.42 Å². The van der Waals surface area contributed by atoms with E-state index in [4.69, 9.17) is 11.6 Å². The Hall–Kier alpha value is -1.52. The summed E-state index contributed by atoms with van der Waals surface area (Å²) in [4.78, 5) is 0.355. The molecule has 1 N–H and O–H groups in total. The van der Waals surface area contributed by atoms with E-state index in [0.29, 0.717) is 11.4 Å². The maximum absolute atomic E-state index is 11.7. The number of hydrogen-bond acceptors (Lipinski definition) is 3. The summed E-state index contributed by atoms with van der Waals surface area (Å²) in [5.74, 6) is 0.113. The fourth-order valence-corrected chi connectivity index (χ4v) is 2.98. The van der Waals surface area contributed by atoms with Crippen molar-refractivity contribution in [3.63, 3.8) is 0 Å². The second-order valence-electron chi connectivity index (χ2n) is 4.86. The highest BCUT2D eigenvalue weighted by Crippen LogP contribution is 2.19. The number of halogens is 1. The van der Waals surface area contributed by atoms with Crippen molar-refractivity contribution in [2.24, 2.45) is 0 Å². The van der Waals surface area contributed by atoms with Gasteiger partial charge in [-0.15, -0.1) is 0 Å². The molecule has 0 bridgehead atoms. The molecule has 0 heterocycles. The molecule has 0 fully saturated rings. The van der Waals surface area contributed by atoms with Crippen molar-refractivity contribution in [1.82, 2.24) is 0 Å². The van der Waals surface area contributed by atoms with E-state index in [1.807, 2.05) is 25.1 Å². The van der Waals surface area contributed by atoms with E-state index in [1.165, 1.54) is 0 Å². The average Bonchev–Trinajstić information content (AvgIpc) is 2.49. The molecule has 0 atom stereocenters. The molecule has 3 nitrogen and oxygen atoms in total. The lowest BCUT2D eigenvalue weighted by molar-refractivity contribution is 0.597. The molecule has 2 aromatic rings. The third kappa shape index (κ3) is 3.99. The van der Waals surface area contributed by atoms with Crippen LogP contribution in [0.1, 0.15) is 18.1 Å². The van der Waals surface area contributed by atoms with Gasteiger partial charge in [-0.2, -0.15) is 0 Å². The van der Waals surface area contributed by atoms with Crippen LogP contribution in [0.5, 0.6) is 0 Å². The Morgan fingerprint density at radius 2 is 1.76 bits per heavy atom. The highest BCUT2D eigenvalue weighted by atomic mass is 35.5. The molecule has 2 rings (SSSR count). The van der Waals surface area contributed by atoms with Gasteiger partial charge >= 0.3 is 0 Å². The van der Waals surface area contributed by atoms with Crippen LogP contribution in [0, 0.1) is 6.92 Å². The Bertz CT molecular complexity index is 724. The standard InChI is InChI=1S/C16H18ClNO2S/c1-3-21(19,20)15-8-6-14(7-9-15)18-11-13-5-4-12(2)16(17)10-13/h4-10,18H,3,11H2,1-2H3. The van der Waals surface area contributed by atoms with E-state index in [2.05, 4.69) is 5.32 Å². The van der Waals surface area contributed by atoms with Gasteiger partial charge < -0.3 is 5.32 Å². The van der Waals surface area contributed by atoms with Crippen LogP contribution in [0.4, 0.5) is 5.69 Å². The molecular formula is C16H18ClNO2S. The van der Waals surface area contributed by atoms with Crippen molar-refractivity contribution in [3.8, 4) is 0 Å². The van der Waals surface area contributed by atoms with E-state index in [1.54, 1.807) is 31.2 Å². The predicted molar refractivity (Wildman–Crippen MR) is 87.7 cm³/mol. The zero-order chi connectivity index (χ0) is 15.5. The van der Waals surface area contributed by atoms with Crippen LogP contribution in [0.2, 0.25) is 5.02 Å². The van der Waals surface area contributed by atoms with Crippen molar-refractivity contribution >= 4 is 27.1 Å². The van der Waals surface area contributed by atoms with E-state index in [-0.39, 0.29) is 5.75 Å². The maximum atomic E-state index is 11.7. The largest absolute Gasteiger partial charge is 0.381 e. The van der Waals surface area contributed by atoms with Crippen molar-refractivity contribution in [2.45, 2.75) is 25.3 Å². The highest BCUT2D eigenvalue weighted by Gasteiger charge is 2.10. The minimum absolute atomic E-state index is 0.113. The molecular weight excluding hydrogens is 306 g/mol. The Morgan fingerprint density at radius 1 is 1.10 bits per heavy atom. The van der Waals surface area contributed by atoms with E-state index >= 15 is 0 Å². The van der Waals surface area contributed by atoms with Gasteiger partial charge in [-0.05, 0) is 48.4 Å². The summed E-state index contributed by atoms with van der Waals surface area (Å²) >= 11 is 6.09. The third-order valence-electron chi connectivity index (χ3n) is 3.33. The lowest BCUT2D eigenvalue weighted by Gasteiger charge is -2.09. The quantitative estimate of drug-likeness (QED) is 0.902. The molecule has 0 aromatic heterocycles. The monoisotopic (exact) mass is 323 g/mol. The van der Waals surface area contributed by atoms with Gasteiger partial charge in [-0.1, -0.05) is 30.7 Å². The Balaban J connectivity index is 2.05. The first-order chi connectivity index (χ1) is 9.92. The molecule has 2 aromatic carbocycles. The van der Waals surface area contributed by atoms with Gasteiger partial charge in [-0.3, -0.25) is 0 Å². The van der Waals surface area contributed by atoms with Gasteiger partial charge in [-0.25, -0.2) is 8.42 Å².